The highest BCUT2D eigenvalue weighted by Gasteiger charge is 2.39. The molecule has 1 aromatic carbocycles. The van der Waals surface area contributed by atoms with Crippen molar-refractivity contribution in [3.8, 4) is 0 Å². The average Bonchev–Trinajstić information content (AvgIpc) is 2.91. The first-order valence-corrected chi connectivity index (χ1v) is 6.69. The Morgan fingerprint density at radius 3 is 2.33 bits per heavy atom. The third-order valence-corrected chi connectivity index (χ3v) is 4.50. The number of carboxylic acid groups (broad SMARTS) is 1. The molecular weight excluding hydrogens is 226 g/mol. The predicted octanol–water partition coefficient (Wildman–Crippen LogP) is 1.81. The molecule has 3 heteroatoms. The first-order valence-electron chi connectivity index (χ1n) is 6.69. The van der Waals surface area contributed by atoms with Gasteiger partial charge >= 0.3 is 5.97 Å². The summed E-state index contributed by atoms with van der Waals surface area (Å²) in [6.07, 6.45) is 2.16. The monoisotopic (exact) mass is 245 g/mol. The number of likely N-dealkylation sites (tertiary alicyclic amines) is 1. The molecule has 1 heterocycles. The molecule has 1 aliphatic heterocycles. The summed E-state index contributed by atoms with van der Waals surface area (Å²) in [5.41, 5.74) is 2.88. The van der Waals surface area contributed by atoms with Gasteiger partial charge in [-0.1, -0.05) is 31.2 Å². The Bertz CT molecular complexity index is 446. The van der Waals surface area contributed by atoms with Crippen LogP contribution in [0.4, 0.5) is 0 Å². The van der Waals surface area contributed by atoms with Crippen molar-refractivity contribution in [1.82, 2.24) is 4.90 Å². The molecule has 2 aliphatic rings. The number of nitrogens with zero attached hydrogens (tertiary/aromatic N) is 1. The van der Waals surface area contributed by atoms with Crippen molar-refractivity contribution >= 4 is 5.97 Å². The number of carboxylic acids is 1. The van der Waals surface area contributed by atoms with Crippen LogP contribution in [0, 0.1) is 11.8 Å². The topological polar surface area (TPSA) is 40.5 Å². The summed E-state index contributed by atoms with van der Waals surface area (Å²) in [6, 6.07) is 9.09. The summed E-state index contributed by atoms with van der Waals surface area (Å²) in [5.74, 6) is -0.555. The van der Waals surface area contributed by atoms with Crippen LogP contribution in [0.5, 0.6) is 0 Å². The number of benzene rings is 1. The second-order valence-electron chi connectivity index (χ2n) is 5.71. The molecule has 1 fully saturated rings. The van der Waals surface area contributed by atoms with Gasteiger partial charge in [0.1, 0.15) is 0 Å². The molecule has 2 atom stereocenters. The lowest BCUT2D eigenvalue weighted by atomic mass is 9.99. The number of hydrogen-bond acceptors (Lipinski definition) is 2. The molecule has 1 saturated heterocycles. The summed E-state index contributed by atoms with van der Waals surface area (Å²) in [6.45, 7) is 3.70. The van der Waals surface area contributed by atoms with Crippen LogP contribution in [0.25, 0.3) is 0 Å². The average molecular weight is 245 g/mol. The Hall–Kier alpha value is -1.35. The minimum atomic E-state index is -0.638. The zero-order valence-electron chi connectivity index (χ0n) is 10.7. The van der Waals surface area contributed by atoms with Crippen LogP contribution in [-0.2, 0) is 17.6 Å². The SMILES string of the molecule is CC1CN(C2Cc3ccccc3C2)CC1C(=O)O. The van der Waals surface area contributed by atoms with Gasteiger partial charge in [0.15, 0.2) is 0 Å². The lowest BCUT2D eigenvalue weighted by molar-refractivity contribution is -0.142. The largest absolute Gasteiger partial charge is 0.481 e. The molecule has 0 bridgehead atoms. The molecule has 96 valence electrons. The molecule has 0 spiro atoms. The second-order valence-corrected chi connectivity index (χ2v) is 5.71. The number of carbonyl (C=O) groups is 1. The van der Waals surface area contributed by atoms with Gasteiger partial charge in [0.25, 0.3) is 0 Å². The van der Waals surface area contributed by atoms with Crippen molar-refractivity contribution in [3.63, 3.8) is 0 Å². The zero-order chi connectivity index (χ0) is 12.7. The quantitative estimate of drug-likeness (QED) is 0.864. The van der Waals surface area contributed by atoms with E-state index in [9.17, 15) is 9.90 Å². The minimum Gasteiger partial charge on any atom is -0.481 e. The maximum absolute atomic E-state index is 11.2. The first-order chi connectivity index (χ1) is 8.65. The van der Waals surface area contributed by atoms with E-state index in [1.165, 1.54) is 11.1 Å². The fourth-order valence-corrected chi connectivity index (χ4v) is 3.42. The summed E-state index contributed by atoms with van der Waals surface area (Å²) >= 11 is 0. The summed E-state index contributed by atoms with van der Waals surface area (Å²) in [5, 5.41) is 9.19. The van der Waals surface area contributed by atoms with Crippen molar-refractivity contribution in [3.05, 3.63) is 35.4 Å². The van der Waals surface area contributed by atoms with Crippen LogP contribution >= 0.6 is 0 Å². The van der Waals surface area contributed by atoms with E-state index >= 15 is 0 Å². The zero-order valence-corrected chi connectivity index (χ0v) is 10.7. The van der Waals surface area contributed by atoms with Crippen molar-refractivity contribution in [1.29, 1.82) is 0 Å². The highest BCUT2D eigenvalue weighted by atomic mass is 16.4. The minimum absolute atomic E-state index is 0.186. The summed E-state index contributed by atoms with van der Waals surface area (Å²) in [7, 11) is 0. The fourth-order valence-electron chi connectivity index (χ4n) is 3.42. The van der Waals surface area contributed by atoms with Crippen molar-refractivity contribution in [2.24, 2.45) is 11.8 Å². The van der Waals surface area contributed by atoms with Crippen LogP contribution in [0.15, 0.2) is 24.3 Å². The standard InChI is InChI=1S/C15H19NO2/c1-10-8-16(9-14(10)15(17)18)13-6-11-4-2-3-5-12(11)7-13/h2-5,10,13-14H,6-9H2,1H3,(H,17,18). The molecule has 1 aromatic rings. The van der Waals surface area contributed by atoms with Crippen LogP contribution in [0.3, 0.4) is 0 Å². The Balaban J connectivity index is 1.71. The second kappa shape index (κ2) is 4.39. The summed E-state index contributed by atoms with van der Waals surface area (Å²) < 4.78 is 0. The Labute approximate surface area is 107 Å². The van der Waals surface area contributed by atoms with Crippen LogP contribution in [0.1, 0.15) is 18.1 Å². The maximum atomic E-state index is 11.2. The van der Waals surface area contributed by atoms with Crippen molar-refractivity contribution in [2.75, 3.05) is 13.1 Å². The lowest BCUT2D eigenvalue weighted by Gasteiger charge is -2.23. The molecule has 1 aliphatic carbocycles. The van der Waals surface area contributed by atoms with E-state index in [0.717, 1.165) is 25.9 Å². The fraction of sp³-hybridized carbons (Fsp3) is 0.533. The molecular formula is C15H19NO2. The van der Waals surface area contributed by atoms with E-state index in [1.807, 2.05) is 0 Å². The number of hydrogen-bond donors (Lipinski definition) is 1. The van der Waals surface area contributed by atoms with Crippen LogP contribution in [0.2, 0.25) is 0 Å². The molecule has 1 N–H and O–H groups in total. The van der Waals surface area contributed by atoms with Gasteiger partial charge in [-0.05, 0) is 29.9 Å². The number of fused-ring (bicyclic) bond motifs is 1. The predicted molar refractivity (Wildman–Crippen MR) is 69.5 cm³/mol. The van der Waals surface area contributed by atoms with Crippen molar-refractivity contribution < 1.29 is 9.90 Å². The van der Waals surface area contributed by atoms with Crippen molar-refractivity contribution in [2.45, 2.75) is 25.8 Å². The molecule has 3 rings (SSSR count). The van der Waals surface area contributed by atoms with E-state index in [0.29, 0.717) is 6.04 Å². The smallest absolute Gasteiger partial charge is 0.308 e. The molecule has 18 heavy (non-hydrogen) atoms. The maximum Gasteiger partial charge on any atom is 0.308 e. The molecule has 3 nitrogen and oxygen atoms in total. The van der Waals surface area contributed by atoms with E-state index in [-0.39, 0.29) is 11.8 Å². The van der Waals surface area contributed by atoms with E-state index in [4.69, 9.17) is 0 Å². The highest BCUT2D eigenvalue weighted by molar-refractivity contribution is 5.71. The third-order valence-electron chi connectivity index (χ3n) is 4.50. The van der Waals surface area contributed by atoms with Gasteiger partial charge in [-0.15, -0.1) is 0 Å². The van der Waals surface area contributed by atoms with Gasteiger partial charge in [0, 0.05) is 19.1 Å². The van der Waals surface area contributed by atoms with E-state index in [2.05, 4.69) is 36.1 Å². The van der Waals surface area contributed by atoms with Gasteiger partial charge in [-0.25, -0.2) is 0 Å². The molecule has 0 amide bonds. The molecule has 0 radical (unpaired) electrons. The van der Waals surface area contributed by atoms with Gasteiger partial charge in [-0.2, -0.15) is 0 Å². The molecule has 0 saturated carbocycles. The summed E-state index contributed by atoms with van der Waals surface area (Å²) in [4.78, 5) is 13.5. The van der Waals surface area contributed by atoms with Crippen LogP contribution in [-0.4, -0.2) is 35.1 Å². The lowest BCUT2D eigenvalue weighted by Crippen LogP contribution is -2.34. The van der Waals surface area contributed by atoms with E-state index < -0.39 is 5.97 Å². The first kappa shape index (κ1) is 11.7. The van der Waals surface area contributed by atoms with E-state index in [1.54, 1.807) is 0 Å². The normalized spacial score (nSPS) is 28.5. The van der Waals surface area contributed by atoms with Gasteiger partial charge in [-0.3, -0.25) is 9.69 Å². The van der Waals surface area contributed by atoms with Gasteiger partial charge in [0.05, 0.1) is 5.92 Å². The Morgan fingerprint density at radius 1 is 1.22 bits per heavy atom. The highest BCUT2D eigenvalue weighted by Crippen LogP contribution is 2.31. The number of aliphatic carboxylic acids is 1. The molecule has 2 unspecified atom stereocenters. The van der Waals surface area contributed by atoms with Crippen LogP contribution < -0.4 is 0 Å². The van der Waals surface area contributed by atoms with Gasteiger partial charge in [0.2, 0.25) is 0 Å². The Morgan fingerprint density at radius 2 is 1.83 bits per heavy atom. The third kappa shape index (κ3) is 1.93. The van der Waals surface area contributed by atoms with Gasteiger partial charge < -0.3 is 5.11 Å². The Kier molecular flexibility index (Phi) is 2.86. The molecule has 0 aromatic heterocycles. The number of rotatable bonds is 2.